The Morgan fingerprint density at radius 3 is 2.69 bits per heavy atom. The van der Waals surface area contributed by atoms with Crippen molar-refractivity contribution in [2.24, 2.45) is 0 Å². The van der Waals surface area contributed by atoms with Crippen molar-refractivity contribution in [1.29, 1.82) is 0 Å². The molecule has 6 nitrogen and oxygen atoms in total. The Labute approximate surface area is 192 Å². The molecule has 0 saturated carbocycles. The Bertz CT molecular complexity index is 1380. The molecular weight excluding hydrogens is 442 g/mol. The number of ketones is 1. The number of fused-ring (bicyclic) bond motifs is 1. The normalized spacial score (nSPS) is 11.0. The Morgan fingerprint density at radius 2 is 1.91 bits per heavy atom. The molecule has 0 fully saturated rings. The number of hydrogen-bond donors (Lipinski definition) is 0. The minimum absolute atomic E-state index is 0.0215. The van der Waals surface area contributed by atoms with E-state index in [0.717, 1.165) is 27.0 Å². The van der Waals surface area contributed by atoms with E-state index in [-0.39, 0.29) is 11.5 Å². The van der Waals surface area contributed by atoms with Crippen molar-refractivity contribution in [3.63, 3.8) is 0 Å². The fourth-order valence-electron chi connectivity index (χ4n) is 3.27. The van der Waals surface area contributed by atoms with Gasteiger partial charge < -0.3 is 9.15 Å². The van der Waals surface area contributed by atoms with Crippen LogP contribution >= 0.6 is 23.1 Å². The number of ether oxygens (including phenoxy) is 1. The highest BCUT2D eigenvalue weighted by atomic mass is 32.2. The number of nitrogens with zero attached hydrogens (tertiary/aromatic N) is 3. The van der Waals surface area contributed by atoms with Gasteiger partial charge in [0.1, 0.15) is 5.75 Å². The Hall–Kier alpha value is -3.49. The summed E-state index contributed by atoms with van der Waals surface area (Å²) in [5, 5.41) is 11.7. The van der Waals surface area contributed by atoms with E-state index in [1.807, 2.05) is 47.8 Å². The van der Waals surface area contributed by atoms with E-state index in [9.17, 15) is 4.79 Å². The molecule has 0 amide bonds. The van der Waals surface area contributed by atoms with Crippen molar-refractivity contribution in [3.8, 4) is 27.8 Å². The van der Waals surface area contributed by atoms with Crippen LogP contribution in [-0.2, 0) is 0 Å². The van der Waals surface area contributed by atoms with Gasteiger partial charge in [-0.1, -0.05) is 36.0 Å². The van der Waals surface area contributed by atoms with Gasteiger partial charge in [-0.25, -0.2) is 4.98 Å². The number of aromatic nitrogens is 3. The number of rotatable bonds is 7. The number of hydrogen-bond acceptors (Lipinski definition) is 8. The molecule has 0 bridgehead atoms. The quantitative estimate of drug-likeness (QED) is 0.218. The van der Waals surface area contributed by atoms with Gasteiger partial charge in [-0.05, 0) is 47.8 Å². The van der Waals surface area contributed by atoms with Gasteiger partial charge in [-0.15, -0.1) is 21.5 Å². The zero-order valence-corrected chi connectivity index (χ0v) is 18.7. The van der Waals surface area contributed by atoms with Gasteiger partial charge >= 0.3 is 0 Å². The van der Waals surface area contributed by atoms with E-state index < -0.39 is 0 Å². The predicted octanol–water partition coefficient (Wildman–Crippen LogP) is 6.00. The average molecular weight is 460 g/mol. The first-order chi connectivity index (χ1) is 15.7. The molecule has 32 heavy (non-hydrogen) atoms. The van der Waals surface area contributed by atoms with E-state index in [0.29, 0.717) is 22.4 Å². The number of thioether (sulfide) groups is 1. The first-order valence-electron chi connectivity index (χ1n) is 9.79. The second-order valence-corrected chi connectivity index (χ2v) is 8.74. The van der Waals surface area contributed by atoms with Gasteiger partial charge in [0.2, 0.25) is 5.89 Å². The molecule has 158 valence electrons. The smallest absolute Gasteiger partial charge is 0.277 e. The molecule has 0 radical (unpaired) electrons. The number of benzene rings is 2. The van der Waals surface area contributed by atoms with Gasteiger partial charge in [0.25, 0.3) is 5.22 Å². The van der Waals surface area contributed by atoms with Crippen molar-refractivity contribution in [2.45, 2.75) is 5.22 Å². The molecule has 0 aliphatic heterocycles. The first kappa shape index (κ1) is 20.4. The summed E-state index contributed by atoms with van der Waals surface area (Å²) in [5.74, 6) is 1.29. The van der Waals surface area contributed by atoms with Crippen LogP contribution < -0.4 is 4.74 Å². The summed E-state index contributed by atoms with van der Waals surface area (Å²) in [7, 11) is 1.59. The highest BCUT2D eigenvalue weighted by molar-refractivity contribution is 7.99. The monoisotopic (exact) mass is 459 g/mol. The lowest BCUT2D eigenvalue weighted by Crippen LogP contribution is -2.02. The third-order valence-electron chi connectivity index (χ3n) is 4.87. The van der Waals surface area contributed by atoms with Crippen LogP contribution in [-0.4, -0.2) is 33.8 Å². The summed E-state index contributed by atoms with van der Waals surface area (Å²) < 4.78 is 11.0. The van der Waals surface area contributed by atoms with Gasteiger partial charge in [0.05, 0.1) is 34.5 Å². The third-order valence-corrected chi connectivity index (χ3v) is 6.58. The van der Waals surface area contributed by atoms with Crippen LogP contribution in [0.15, 0.2) is 81.8 Å². The van der Waals surface area contributed by atoms with E-state index in [1.54, 1.807) is 42.7 Å². The van der Waals surface area contributed by atoms with Crippen LogP contribution in [0.2, 0.25) is 0 Å². The SMILES string of the molecule is COc1ccc(C(=O)CSc2nnc(-c3cc(-c4cccs4)nc4ccccc34)o2)cc1. The Balaban J connectivity index is 1.40. The maximum Gasteiger partial charge on any atom is 0.277 e. The van der Waals surface area contributed by atoms with Crippen molar-refractivity contribution in [1.82, 2.24) is 15.2 Å². The zero-order chi connectivity index (χ0) is 21.9. The van der Waals surface area contributed by atoms with Crippen molar-refractivity contribution < 1.29 is 13.9 Å². The maximum absolute atomic E-state index is 12.5. The fourth-order valence-corrected chi connectivity index (χ4v) is 4.61. The predicted molar refractivity (Wildman–Crippen MR) is 126 cm³/mol. The molecule has 0 aliphatic carbocycles. The topological polar surface area (TPSA) is 78.1 Å². The summed E-state index contributed by atoms with van der Waals surface area (Å²) in [4.78, 5) is 18.3. The van der Waals surface area contributed by atoms with Gasteiger partial charge in [-0.2, -0.15) is 0 Å². The highest BCUT2D eigenvalue weighted by Crippen LogP contribution is 2.34. The lowest BCUT2D eigenvalue weighted by Gasteiger charge is -2.06. The number of thiophene rings is 1. The van der Waals surface area contributed by atoms with E-state index >= 15 is 0 Å². The van der Waals surface area contributed by atoms with Crippen LogP contribution in [0.25, 0.3) is 32.9 Å². The molecule has 0 atom stereocenters. The van der Waals surface area contributed by atoms with E-state index in [2.05, 4.69) is 10.2 Å². The van der Waals surface area contributed by atoms with Gasteiger partial charge in [0.15, 0.2) is 5.78 Å². The third kappa shape index (κ3) is 4.15. The number of carbonyl (C=O) groups excluding carboxylic acids is 1. The molecule has 0 N–H and O–H groups in total. The number of Topliss-reactive ketones (excluding diaryl/α,β-unsaturated/α-hetero) is 1. The summed E-state index contributed by atoms with van der Waals surface area (Å²) >= 11 is 2.85. The minimum Gasteiger partial charge on any atom is -0.497 e. The number of para-hydroxylation sites is 1. The lowest BCUT2D eigenvalue weighted by molar-refractivity contribution is 0.102. The molecule has 3 aromatic heterocycles. The lowest BCUT2D eigenvalue weighted by atomic mass is 10.1. The Kier molecular flexibility index (Phi) is 5.70. The highest BCUT2D eigenvalue weighted by Gasteiger charge is 2.17. The summed E-state index contributed by atoms with van der Waals surface area (Å²) in [5.41, 5.74) is 3.14. The molecule has 0 saturated heterocycles. The number of pyridine rings is 1. The summed E-state index contributed by atoms with van der Waals surface area (Å²) in [6.45, 7) is 0. The van der Waals surface area contributed by atoms with Crippen LogP contribution in [0.4, 0.5) is 0 Å². The van der Waals surface area contributed by atoms with Crippen LogP contribution in [0.3, 0.4) is 0 Å². The minimum atomic E-state index is -0.0215. The first-order valence-corrected chi connectivity index (χ1v) is 11.7. The molecule has 0 unspecified atom stereocenters. The van der Waals surface area contributed by atoms with Crippen molar-refractivity contribution in [2.75, 3.05) is 12.9 Å². The zero-order valence-electron chi connectivity index (χ0n) is 17.0. The largest absolute Gasteiger partial charge is 0.497 e. The van der Waals surface area contributed by atoms with E-state index in [1.165, 1.54) is 11.8 Å². The molecule has 5 aromatic rings. The van der Waals surface area contributed by atoms with Gasteiger partial charge in [0, 0.05) is 10.9 Å². The maximum atomic E-state index is 12.5. The summed E-state index contributed by atoms with van der Waals surface area (Å²) in [6.07, 6.45) is 0. The molecular formula is C24H17N3O3S2. The molecule has 5 rings (SSSR count). The molecule has 3 heterocycles. The van der Waals surface area contributed by atoms with Crippen LogP contribution in [0.5, 0.6) is 5.75 Å². The standard InChI is InChI=1S/C24H17N3O3S2/c1-29-16-10-8-15(9-11-16)21(28)14-32-24-27-26-23(30-24)18-13-20(22-7-4-12-31-22)25-19-6-3-2-5-17(18)19/h2-13H,14H2,1H3. The molecule has 8 heteroatoms. The average Bonchev–Trinajstić information content (AvgIpc) is 3.54. The van der Waals surface area contributed by atoms with Crippen LogP contribution in [0, 0.1) is 0 Å². The van der Waals surface area contributed by atoms with Gasteiger partial charge in [-0.3, -0.25) is 4.79 Å². The molecule has 2 aromatic carbocycles. The number of carbonyl (C=O) groups is 1. The second-order valence-electron chi connectivity index (χ2n) is 6.86. The Morgan fingerprint density at radius 1 is 1.06 bits per heavy atom. The van der Waals surface area contributed by atoms with E-state index in [4.69, 9.17) is 14.1 Å². The number of methoxy groups -OCH3 is 1. The van der Waals surface area contributed by atoms with Crippen molar-refractivity contribution >= 4 is 39.8 Å². The van der Waals surface area contributed by atoms with Crippen molar-refractivity contribution in [3.05, 3.63) is 77.7 Å². The second kappa shape index (κ2) is 8.94. The summed E-state index contributed by atoms with van der Waals surface area (Å²) in [6, 6.07) is 20.9. The van der Waals surface area contributed by atoms with Crippen LogP contribution in [0.1, 0.15) is 10.4 Å². The molecule has 0 aliphatic rings. The fraction of sp³-hybridized carbons (Fsp3) is 0.0833. The molecule has 0 spiro atoms.